The minimum absolute atomic E-state index is 0.112. The van der Waals surface area contributed by atoms with E-state index in [2.05, 4.69) is 20.5 Å². The monoisotopic (exact) mass is 345 g/mol. The molecule has 6 nitrogen and oxygen atoms in total. The number of nitrogens with one attached hydrogen (secondary N) is 1. The standard InChI is InChI=1S/C15H15N5OS2/c1-10(21)16-14-17-12(8-22-14)9-23-15-19-18-13(20(15)2)11-6-4-3-5-7-11/h3-8H,9H2,1-2H3,(H,16,17,21). The van der Waals surface area contributed by atoms with Gasteiger partial charge in [0.1, 0.15) is 0 Å². The van der Waals surface area contributed by atoms with Crippen molar-refractivity contribution in [2.75, 3.05) is 5.32 Å². The van der Waals surface area contributed by atoms with E-state index in [9.17, 15) is 4.79 Å². The van der Waals surface area contributed by atoms with Crippen molar-refractivity contribution in [3.8, 4) is 11.4 Å². The quantitative estimate of drug-likeness (QED) is 0.719. The lowest BCUT2D eigenvalue weighted by Gasteiger charge is -2.03. The Morgan fingerprint density at radius 3 is 2.83 bits per heavy atom. The maximum atomic E-state index is 11.0. The third kappa shape index (κ3) is 3.77. The van der Waals surface area contributed by atoms with Crippen molar-refractivity contribution in [3.63, 3.8) is 0 Å². The number of carbonyl (C=O) groups is 1. The van der Waals surface area contributed by atoms with Gasteiger partial charge in [0.25, 0.3) is 0 Å². The van der Waals surface area contributed by atoms with Crippen molar-refractivity contribution >= 4 is 34.1 Å². The molecule has 0 saturated carbocycles. The normalized spacial score (nSPS) is 10.7. The Labute approximate surface area is 142 Å². The molecule has 0 aliphatic heterocycles. The Balaban J connectivity index is 1.68. The highest BCUT2D eigenvalue weighted by atomic mass is 32.2. The van der Waals surface area contributed by atoms with Crippen LogP contribution in [-0.4, -0.2) is 25.7 Å². The molecule has 2 heterocycles. The number of hydrogen-bond donors (Lipinski definition) is 1. The van der Waals surface area contributed by atoms with Crippen LogP contribution >= 0.6 is 23.1 Å². The van der Waals surface area contributed by atoms with E-state index < -0.39 is 0 Å². The van der Waals surface area contributed by atoms with Gasteiger partial charge >= 0.3 is 0 Å². The number of nitrogens with zero attached hydrogens (tertiary/aromatic N) is 4. The predicted octanol–water partition coefficient (Wildman–Crippen LogP) is 3.19. The number of hydrogen-bond acceptors (Lipinski definition) is 6. The van der Waals surface area contributed by atoms with Crippen molar-refractivity contribution in [1.82, 2.24) is 19.7 Å². The molecule has 0 saturated heterocycles. The highest BCUT2D eigenvalue weighted by molar-refractivity contribution is 7.98. The summed E-state index contributed by atoms with van der Waals surface area (Å²) >= 11 is 2.99. The Morgan fingerprint density at radius 2 is 2.09 bits per heavy atom. The number of thiazole rings is 1. The smallest absolute Gasteiger partial charge is 0.223 e. The van der Waals surface area contributed by atoms with Gasteiger partial charge in [0.2, 0.25) is 5.91 Å². The fourth-order valence-corrected chi connectivity index (χ4v) is 3.66. The predicted molar refractivity (Wildman–Crippen MR) is 92.4 cm³/mol. The first-order chi connectivity index (χ1) is 11.1. The fraction of sp³-hybridized carbons (Fsp3) is 0.200. The van der Waals surface area contributed by atoms with Crippen LogP contribution in [0.3, 0.4) is 0 Å². The molecule has 0 aliphatic carbocycles. The summed E-state index contributed by atoms with van der Waals surface area (Å²) in [7, 11) is 1.95. The maximum absolute atomic E-state index is 11.0. The number of anilines is 1. The van der Waals surface area contributed by atoms with E-state index in [1.807, 2.05) is 47.3 Å². The summed E-state index contributed by atoms with van der Waals surface area (Å²) < 4.78 is 1.97. The summed E-state index contributed by atoms with van der Waals surface area (Å²) in [6, 6.07) is 9.97. The van der Waals surface area contributed by atoms with Crippen LogP contribution in [-0.2, 0) is 17.6 Å². The van der Waals surface area contributed by atoms with E-state index in [-0.39, 0.29) is 5.91 Å². The molecule has 3 aromatic rings. The Hall–Kier alpha value is -2.19. The van der Waals surface area contributed by atoms with Crippen LogP contribution in [0.25, 0.3) is 11.4 Å². The molecule has 0 aliphatic rings. The molecule has 0 bridgehead atoms. The molecular formula is C15H15N5OS2. The molecule has 1 aromatic carbocycles. The van der Waals surface area contributed by atoms with Crippen LogP contribution in [0.1, 0.15) is 12.6 Å². The van der Waals surface area contributed by atoms with Gasteiger partial charge in [-0.3, -0.25) is 4.79 Å². The lowest BCUT2D eigenvalue weighted by molar-refractivity contribution is -0.114. The van der Waals surface area contributed by atoms with E-state index >= 15 is 0 Å². The molecule has 3 rings (SSSR count). The first-order valence-corrected chi connectivity index (χ1v) is 8.79. The SMILES string of the molecule is CC(=O)Nc1nc(CSc2nnc(-c3ccccc3)n2C)cs1. The highest BCUT2D eigenvalue weighted by Crippen LogP contribution is 2.26. The highest BCUT2D eigenvalue weighted by Gasteiger charge is 2.12. The van der Waals surface area contributed by atoms with Gasteiger partial charge in [-0.2, -0.15) is 0 Å². The molecule has 0 unspecified atom stereocenters. The number of aromatic nitrogens is 4. The van der Waals surface area contributed by atoms with Gasteiger partial charge in [-0.25, -0.2) is 4.98 Å². The zero-order valence-electron chi connectivity index (χ0n) is 12.7. The Morgan fingerprint density at radius 1 is 1.30 bits per heavy atom. The van der Waals surface area contributed by atoms with Crippen molar-refractivity contribution in [2.24, 2.45) is 7.05 Å². The summed E-state index contributed by atoms with van der Waals surface area (Å²) in [4.78, 5) is 15.4. The second-order valence-corrected chi connectivity index (χ2v) is 6.65. The largest absolute Gasteiger partial charge is 0.305 e. The molecule has 0 spiro atoms. The minimum atomic E-state index is -0.112. The van der Waals surface area contributed by atoms with E-state index in [4.69, 9.17) is 0 Å². The van der Waals surface area contributed by atoms with Gasteiger partial charge < -0.3 is 9.88 Å². The summed E-state index contributed by atoms with van der Waals surface area (Å²) in [5.74, 6) is 1.40. The van der Waals surface area contributed by atoms with Crippen LogP contribution in [0.5, 0.6) is 0 Å². The molecule has 0 atom stereocenters. The average Bonchev–Trinajstić information content (AvgIpc) is 3.12. The summed E-state index contributed by atoms with van der Waals surface area (Å²) in [5.41, 5.74) is 1.95. The van der Waals surface area contributed by atoms with Crippen LogP contribution in [0.15, 0.2) is 40.9 Å². The molecule has 23 heavy (non-hydrogen) atoms. The van der Waals surface area contributed by atoms with E-state index in [1.54, 1.807) is 11.8 Å². The Bertz CT molecular complexity index is 812. The van der Waals surface area contributed by atoms with Crippen LogP contribution in [0.4, 0.5) is 5.13 Å². The topological polar surface area (TPSA) is 72.7 Å². The Kier molecular flexibility index (Phi) is 4.73. The summed E-state index contributed by atoms with van der Waals surface area (Å²) in [5, 5.41) is 14.6. The maximum Gasteiger partial charge on any atom is 0.223 e. The van der Waals surface area contributed by atoms with Crippen molar-refractivity contribution in [1.29, 1.82) is 0 Å². The molecular weight excluding hydrogens is 330 g/mol. The van der Waals surface area contributed by atoms with Gasteiger partial charge in [0.05, 0.1) is 5.69 Å². The molecule has 1 amide bonds. The lowest BCUT2D eigenvalue weighted by atomic mass is 10.2. The summed E-state index contributed by atoms with van der Waals surface area (Å²) in [6.45, 7) is 1.47. The zero-order chi connectivity index (χ0) is 16.2. The van der Waals surface area contributed by atoms with Gasteiger partial charge in [0.15, 0.2) is 16.1 Å². The lowest BCUT2D eigenvalue weighted by Crippen LogP contribution is -2.05. The van der Waals surface area contributed by atoms with E-state index in [0.717, 1.165) is 22.2 Å². The molecule has 118 valence electrons. The van der Waals surface area contributed by atoms with Crippen LogP contribution in [0.2, 0.25) is 0 Å². The molecule has 8 heteroatoms. The van der Waals surface area contributed by atoms with Gasteiger partial charge in [0, 0.05) is 30.7 Å². The van der Waals surface area contributed by atoms with E-state index in [0.29, 0.717) is 10.9 Å². The van der Waals surface area contributed by atoms with Crippen LogP contribution in [0, 0.1) is 0 Å². The molecule has 0 fully saturated rings. The first kappa shape index (κ1) is 15.7. The van der Waals surface area contributed by atoms with Crippen LogP contribution < -0.4 is 5.32 Å². The minimum Gasteiger partial charge on any atom is -0.305 e. The third-order valence-electron chi connectivity index (χ3n) is 3.05. The fourth-order valence-electron chi connectivity index (χ4n) is 2.00. The molecule has 2 aromatic heterocycles. The van der Waals surface area contributed by atoms with Crippen molar-refractivity contribution in [2.45, 2.75) is 17.8 Å². The number of benzene rings is 1. The second-order valence-electron chi connectivity index (χ2n) is 4.85. The number of thioether (sulfide) groups is 1. The average molecular weight is 345 g/mol. The van der Waals surface area contributed by atoms with E-state index in [1.165, 1.54) is 18.3 Å². The number of rotatable bonds is 5. The van der Waals surface area contributed by atoms with Gasteiger partial charge in [-0.05, 0) is 0 Å². The summed E-state index contributed by atoms with van der Waals surface area (Å²) in [6.07, 6.45) is 0. The zero-order valence-corrected chi connectivity index (χ0v) is 14.3. The van der Waals surface area contributed by atoms with Gasteiger partial charge in [-0.1, -0.05) is 42.1 Å². The second kappa shape index (κ2) is 6.93. The molecule has 1 N–H and O–H groups in total. The van der Waals surface area contributed by atoms with Gasteiger partial charge in [-0.15, -0.1) is 21.5 Å². The third-order valence-corrected chi connectivity index (χ3v) is 4.91. The van der Waals surface area contributed by atoms with Crippen molar-refractivity contribution < 1.29 is 4.79 Å². The first-order valence-electron chi connectivity index (χ1n) is 6.93. The van der Waals surface area contributed by atoms with Crippen molar-refractivity contribution in [3.05, 3.63) is 41.4 Å². The molecule has 0 radical (unpaired) electrons. The number of amides is 1. The number of carbonyl (C=O) groups excluding carboxylic acids is 1.